The van der Waals surface area contributed by atoms with Crippen molar-refractivity contribution in [3.63, 3.8) is 0 Å². The van der Waals surface area contributed by atoms with Gasteiger partial charge in [-0.25, -0.2) is 4.99 Å². The summed E-state index contributed by atoms with van der Waals surface area (Å²) in [5, 5.41) is 11.4. The Labute approximate surface area is 186 Å². The molecule has 0 aliphatic carbocycles. The first kappa shape index (κ1) is 25.9. The molecular weight excluding hydrogens is 502 g/mol. The van der Waals surface area contributed by atoms with E-state index in [9.17, 15) is 13.2 Å². The van der Waals surface area contributed by atoms with Gasteiger partial charge in [-0.1, -0.05) is 0 Å². The zero-order valence-corrected chi connectivity index (χ0v) is 19.7. The Hall–Kier alpha value is -1.15. The van der Waals surface area contributed by atoms with E-state index in [-0.39, 0.29) is 24.0 Å². The van der Waals surface area contributed by atoms with Crippen molar-refractivity contribution in [1.29, 1.82) is 0 Å². The molecule has 8 nitrogen and oxygen atoms in total. The average molecular weight is 533 g/mol. The standard InChI is InChI=1S/C17H30F3N7O.HI/c1-13(17(18,19)20)26-7-9-27(10-8-26)16(21-6-5-11-28-4)22-12-15-24-23-14(2)25(15)3;/h13H,5-12H2,1-4H3,(H,21,22);1H. The number of nitrogens with zero attached hydrogens (tertiary/aromatic N) is 6. The molecule has 0 amide bonds. The Morgan fingerprint density at radius 1 is 1.24 bits per heavy atom. The Bertz CT molecular complexity index is 645. The highest BCUT2D eigenvalue weighted by Gasteiger charge is 2.41. The fourth-order valence-corrected chi connectivity index (χ4v) is 2.95. The van der Waals surface area contributed by atoms with Crippen LogP contribution in [0.5, 0.6) is 0 Å². The van der Waals surface area contributed by atoms with E-state index in [1.165, 1.54) is 11.8 Å². The van der Waals surface area contributed by atoms with Gasteiger partial charge < -0.3 is 19.5 Å². The van der Waals surface area contributed by atoms with Crippen molar-refractivity contribution in [2.75, 3.05) is 46.4 Å². The molecule has 1 unspecified atom stereocenters. The van der Waals surface area contributed by atoms with Crippen LogP contribution < -0.4 is 5.32 Å². The van der Waals surface area contributed by atoms with E-state index in [2.05, 4.69) is 20.5 Å². The molecule has 0 radical (unpaired) electrons. The van der Waals surface area contributed by atoms with Crippen LogP contribution in [0.25, 0.3) is 0 Å². The number of piperazine rings is 1. The summed E-state index contributed by atoms with van der Waals surface area (Å²) >= 11 is 0. The van der Waals surface area contributed by atoms with Crippen LogP contribution in [0, 0.1) is 6.92 Å². The molecule has 1 N–H and O–H groups in total. The lowest BCUT2D eigenvalue weighted by Crippen LogP contribution is -2.56. The summed E-state index contributed by atoms with van der Waals surface area (Å²) in [6, 6.07) is -1.44. The predicted octanol–water partition coefficient (Wildman–Crippen LogP) is 1.79. The minimum atomic E-state index is -4.21. The van der Waals surface area contributed by atoms with Crippen molar-refractivity contribution in [2.45, 2.75) is 39.0 Å². The van der Waals surface area contributed by atoms with Crippen molar-refractivity contribution >= 4 is 29.9 Å². The van der Waals surface area contributed by atoms with Crippen LogP contribution in [0.2, 0.25) is 0 Å². The highest BCUT2D eigenvalue weighted by Crippen LogP contribution is 2.25. The molecule has 1 fully saturated rings. The van der Waals surface area contributed by atoms with Crippen LogP contribution in [0.15, 0.2) is 4.99 Å². The van der Waals surface area contributed by atoms with E-state index in [1.807, 2.05) is 23.4 Å². The molecule has 168 valence electrons. The van der Waals surface area contributed by atoms with Crippen molar-refractivity contribution in [3.05, 3.63) is 11.6 Å². The molecule has 2 heterocycles. The van der Waals surface area contributed by atoms with Gasteiger partial charge in [-0.15, -0.1) is 34.2 Å². The molecule has 29 heavy (non-hydrogen) atoms. The van der Waals surface area contributed by atoms with Crippen molar-refractivity contribution in [1.82, 2.24) is 29.9 Å². The monoisotopic (exact) mass is 533 g/mol. The summed E-state index contributed by atoms with van der Waals surface area (Å²) in [4.78, 5) is 8.09. The van der Waals surface area contributed by atoms with Gasteiger partial charge in [0.15, 0.2) is 11.8 Å². The lowest BCUT2D eigenvalue weighted by molar-refractivity contribution is -0.181. The van der Waals surface area contributed by atoms with Crippen LogP contribution >= 0.6 is 24.0 Å². The molecule has 0 bridgehead atoms. The van der Waals surface area contributed by atoms with Crippen molar-refractivity contribution in [3.8, 4) is 0 Å². The van der Waals surface area contributed by atoms with Crippen LogP contribution in [0.1, 0.15) is 25.0 Å². The number of rotatable bonds is 7. The van der Waals surface area contributed by atoms with Crippen LogP contribution in [-0.2, 0) is 18.3 Å². The topological polar surface area (TPSA) is 70.8 Å². The molecule has 1 aliphatic heterocycles. The van der Waals surface area contributed by atoms with Gasteiger partial charge in [0.25, 0.3) is 0 Å². The van der Waals surface area contributed by atoms with E-state index in [4.69, 9.17) is 4.74 Å². The quantitative estimate of drug-likeness (QED) is 0.250. The number of aryl methyl sites for hydroxylation is 1. The summed E-state index contributed by atoms with van der Waals surface area (Å²) in [6.07, 6.45) is -3.40. The summed E-state index contributed by atoms with van der Waals surface area (Å²) in [7, 11) is 3.52. The second-order valence-corrected chi connectivity index (χ2v) is 6.88. The second kappa shape index (κ2) is 11.9. The molecule has 1 saturated heterocycles. The Morgan fingerprint density at radius 2 is 1.90 bits per heavy atom. The van der Waals surface area contributed by atoms with Crippen LogP contribution in [-0.4, -0.2) is 89.2 Å². The number of methoxy groups -OCH3 is 1. The van der Waals surface area contributed by atoms with E-state index in [0.717, 1.165) is 18.1 Å². The molecule has 1 aromatic heterocycles. The molecule has 12 heteroatoms. The number of ether oxygens (including phenoxy) is 1. The molecule has 0 aromatic carbocycles. The molecule has 0 spiro atoms. The minimum absolute atomic E-state index is 0. The first-order chi connectivity index (χ1) is 13.2. The SMILES string of the molecule is COCCCNC(=NCc1nnc(C)n1C)N1CCN(C(C)C(F)(F)F)CC1.I. The lowest BCUT2D eigenvalue weighted by atomic mass is 10.2. The number of alkyl halides is 3. The zero-order valence-electron chi connectivity index (χ0n) is 17.4. The first-order valence-electron chi connectivity index (χ1n) is 9.42. The summed E-state index contributed by atoms with van der Waals surface area (Å²) in [5.74, 6) is 2.21. The molecule has 2 rings (SSSR count). The smallest absolute Gasteiger partial charge is 0.385 e. The fourth-order valence-electron chi connectivity index (χ4n) is 2.95. The van der Waals surface area contributed by atoms with E-state index in [1.54, 1.807) is 7.11 Å². The largest absolute Gasteiger partial charge is 0.403 e. The van der Waals surface area contributed by atoms with Crippen LogP contribution in [0.4, 0.5) is 13.2 Å². The predicted molar refractivity (Wildman–Crippen MR) is 115 cm³/mol. The average Bonchev–Trinajstić information content (AvgIpc) is 2.98. The number of aliphatic imine (C=N–C) groups is 1. The molecule has 1 atom stereocenters. The van der Waals surface area contributed by atoms with Gasteiger partial charge in [0.05, 0.1) is 0 Å². The van der Waals surface area contributed by atoms with Gasteiger partial charge in [0.2, 0.25) is 0 Å². The molecule has 0 saturated carbocycles. The number of hydrogen-bond donors (Lipinski definition) is 1. The molecule has 1 aliphatic rings. The van der Waals surface area contributed by atoms with Gasteiger partial charge in [-0.05, 0) is 20.3 Å². The van der Waals surface area contributed by atoms with Crippen molar-refractivity contribution in [2.24, 2.45) is 12.0 Å². The minimum Gasteiger partial charge on any atom is -0.385 e. The number of hydrogen-bond acceptors (Lipinski definition) is 5. The second-order valence-electron chi connectivity index (χ2n) is 6.88. The lowest BCUT2D eigenvalue weighted by Gasteiger charge is -2.39. The van der Waals surface area contributed by atoms with E-state index >= 15 is 0 Å². The normalized spacial score (nSPS) is 17.2. The first-order valence-corrected chi connectivity index (χ1v) is 9.42. The summed E-state index contributed by atoms with van der Waals surface area (Å²) in [6.45, 7) is 6.36. The van der Waals surface area contributed by atoms with Gasteiger partial charge in [-0.2, -0.15) is 13.2 Å². The van der Waals surface area contributed by atoms with Gasteiger partial charge in [-0.3, -0.25) is 4.90 Å². The number of aromatic nitrogens is 3. The Balaban J connectivity index is 0.00000420. The molecular formula is C17H31F3IN7O. The highest BCUT2D eigenvalue weighted by molar-refractivity contribution is 14.0. The Kier molecular flexibility index (Phi) is 10.6. The van der Waals surface area contributed by atoms with Crippen LogP contribution in [0.3, 0.4) is 0 Å². The maximum Gasteiger partial charge on any atom is 0.403 e. The molecule has 1 aromatic rings. The maximum absolute atomic E-state index is 13.0. The fraction of sp³-hybridized carbons (Fsp3) is 0.824. The van der Waals surface area contributed by atoms with Gasteiger partial charge >= 0.3 is 6.18 Å². The third kappa shape index (κ3) is 7.55. The highest BCUT2D eigenvalue weighted by atomic mass is 127. The number of halogens is 4. The summed E-state index contributed by atoms with van der Waals surface area (Å²) in [5.41, 5.74) is 0. The third-order valence-electron chi connectivity index (χ3n) is 5.00. The number of nitrogens with one attached hydrogen (secondary N) is 1. The number of guanidine groups is 1. The van der Waals surface area contributed by atoms with Crippen molar-refractivity contribution < 1.29 is 17.9 Å². The zero-order chi connectivity index (χ0) is 20.7. The van der Waals surface area contributed by atoms with E-state index in [0.29, 0.717) is 51.8 Å². The van der Waals surface area contributed by atoms with Gasteiger partial charge in [0.1, 0.15) is 18.4 Å². The van der Waals surface area contributed by atoms with Gasteiger partial charge in [0, 0.05) is 53.5 Å². The van der Waals surface area contributed by atoms with E-state index < -0.39 is 12.2 Å². The summed E-state index contributed by atoms with van der Waals surface area (Å²) < 4.78 is 45.8. The third-order valence-corrected chi connectivity index (χ3v) is 5.00. The Morgan fingerprint density at radius 3 is 2.41 bits per heavy atom. The maximum atomic E-state index is 13.0.